The summed E-state index contributed by atoms with van der Waals surface area (Å²) in [6, 6.07) is 16.1. The summed E-state index contributed by atoms with van der Waals surface area (Å²) in [6.07, 6.45) is 6.35. The first-order chi connectivity index (χ1) is 17.8. The van der Waals surface area contributed by atoms with E-state index in [1.807, 2.05) is 6.07 Å². The van der Waals surface area contributed by atoms with Gasteiger partial charge in [0.1, 0.15) is 24.5 Å². The summed E-state index contributed by atoms with van der Waals surface area (Å²) in [5.41, 5.74) is 4.10. The molecular formula is C31H42N2O4. The van der Waals surface area contributed by atoms with Crippen molar-refractivity contribution in [3.63, 3.8) is 0 Å². The molecule has 0 amide bonds. The van der Waals surface area contributed by atoms with E-state index in [0.717, 1.165) is 44.1 Å². The standard InChI is InChI=1S/C31H42N2O4/c1-4-5-8-15-36-30(35)14-12-23-11-13-27(20-32)29(18-23)37-22-28(34)21-33-31(2,3)19-24-16-25-9-6-7-10-26(25)17-24/h6-7,9-11,13,18,24,28,33-34H,4-5,8,12,14-17,19,21-22H2,1-3H3. The number of β-amino-alcohol motifs (C(OH)–C–C–N with tert-alkyl or cyclic N) is 1. The maximum atomic E-state index is 12.0. The Labute approximate surface area is 222 Å². The number of carbonyl (C=O) groups is 1. The Hall–Kier alpha value is -2.88. The second-order valence-electron chi connectivity index (χ2n) is 10.8. The van der Waals surface area contributed by atoms with Gasteiger partial charge in [0.2, 0.25) is 0 Å². The smallest absolute Gasteiger partial charge is 0.306 e. The summed E-state index contributed by atoms with van der Waals surface area (Å²) < 4.78 is 11.1. The molecule has 1 aliphatic rings. The summed E-state index contributed by atoms with van der Waals surface area (Å²) in [5, 5.41) is 23.5. The first kappa shape index (κ1) is 28.7. The second kappa shape index (κ2) is 14.2. The zero-order valence-electron chi connectivity index (χ0n) is 22.6. The number of aliphatic hydroxyl groups excluding tert-OH is 1. The highest BCUT2D eigenvalue weighted by molar-refractivity contribution is 5.69. The first-order valence-electron chi connectivity index (χ1n) is 13.6. The van der Waals surface area contributed by atoms with Gasteiger partial charge in [-0.25, -0.2) is 0 Å². The summed E-state index contributed by atoms with van der Waals surface area (Å²) in [7, 11) is 0. The fourth-order valence-corrected chi connectivity index (χ4v) is 5.02. The van der Waals surface area contributed by atoms with Gasteiger partial charge in [0.05, 0.1) is 12.2 Å². The Morgan fingerprint density at radius 1 is 1.19 bits per heavy atom. The average molecular weight is 507 g/mol. The first-order valence-corrected chi connectivity index (χ1v) is 13.6. The Morgan fingerprint density at radius 2 is 1.92 bits per heavy atom. The average Bonchev–Trinajstić information content (AvgIpc) is 3.29. The highest BCUT2D eigenvalue weighted by atomic mass is 16.5. The molecule has 0 saturated heterocycles. The normalized spacial score (nSPS) is 14.1. The van der Waals surface area contributed by atoms with Gasteiger partial charge in [-0.2, -0.15) is 5.26 Å². The number of carbonyl (C=O) groups excluding carboxylic acids is 1. The molecule has 0 saturated carbocycles. The van der Waals surface area contributed by atoms with E-state index in [2.05, 4.69) is 56.4 Å². The molecule has 0 aliphatic heterocycles. The lowest BCUT2D eigenvalue weighted by molar-refractivity contribution is -0.143. The summed E-state index contributed by atoms with van der Waals surface area (Å²) in [4.78, 5) is 12.0. The molecule has 2 aromatic rings. The number of nitrogens with zero attached hydrogens (tertiary/aromatic N) is 1. The van der Waals surface area contributed by atoms with Crippen LogP contribution in [0.15, 0.2) is 42.5 Å². The Kier molecular flexibility index (Phi) is 11.0. The van der Waals surface area contributed by atoms with Crippen molar-refractivity contribution in [2.24, 2.45) is 5.92 Å². The monoisotopic (exact) mass is 506 g/mol. The molecule has 6 nitrogen and oxygen atoms in total. The highest BCUT2D eigenvalue weighted by Gasteiger charge is 2.28. The van der Waals surface area contributed by atoms with Crippen LogP contribution in [0.5, 0.6) is 5.75 Å². The third kappa shape index (κ3) is 9.50. The molecule has 1 unspecified atom stereocenters. The van der Waals surface area contributed by atoms with Crippen molar-refractivity contribution >= 4 is 5.97 Å². The van der Waals surface area contributed by atoms with Crippen LogP contribution >= 0.6 is 0 Å². The highest BCUT2D eigenvalue weighted by Crippen LogP contribution is 2.32. The molecule has 0 heterocycles. The van der Waals surface area contributed by atoms with Crippen LogP contribution in [0.1, 0.15) is 75.1 Å². The number of unbranched alkanes of at least 4 members (excludes halogenated alkanes) is 2. The van der Waals surface area contributed by atoms with Crippen LogP contribution in [0.25, 0.3) is 0 Å². The third-order valence-electron chi connectivity index (χ3n) is 6.98. The van der Waals surface area contributed by atoms with Crippen molar-refractivity contribution in [3.8, 4) is 11.8 Å². The van der Waals surface area contributed by atoms with Crippen LogP contribution < -0.4 is 10.1 Å². The molecule has 2 N–H and O–H groups in total. The van der Waals surface area contributed by atoms with E-state index in [1.54, 1.807) is 12.1 Å². The van der Waals surface area contributed by atoms with Gasteiger partial charge in [0.15, 0.2) is 0 Å². The fraction of sp³-hybridized carbons (Fsp3) is 0.548. The molecule has 6 heteroatoms. The quantitative estimate of drug-likeness (QED) is 0.257. The number of nitriles is 1. The van der Waals surface area contributed by atoms with Gasteiger partial charge in [-0.1, -0.05) is 50.1 Å². The lowest BCUT2D eigenvalue weighted by Crippen LogP contribution is -2.46. The Bertz CT molecular complexity index is 1030. The molecule has 0 fully saturated rings. The number of aryl methyl sites for hydroxylation is 1. The minimum absolute atomic E-state index is 0.0789. The van der Waals surface area contributed by atoms with Crippen molar-refractivity contribution in [2.75, 3.05) is 19.8 Å². The minimum atomic E-state index is -0.714. The van der Waals surface area contributed by atoms with E-state index in [1.165, 1.54) is 11.1 Å². The molecule has 0 radical (unpaired) electrons. The van der Waals surface area contributed by atoms with Crippen molar-refractivity contribution in [2.45, 2.75) is 83.8 Å². The minimum Gasteiger partial charge on any atom is -0.489 e. The van der Waals surface area contributed by atoms with Crippen LogP contribution in [0.2, 0.25) is 0 Å². The van der Waals surface area contributed by atoms with Gasteiger partial charge in [-0.15, -0.1) is 0 Å². The fourth-order valence-electron chi connectivity index (χ4n) is 5.02. The van der Waals surface area contributed by atoms with Crippen LogP contribution in [0.4, 0.5) is 0 Å². The van der Waals surface area contributed by atoms with Crippen LogP contribution in [-0.2, 0) is 28.8 Å². The second-order valence-corrected chi connectivity index (χ2v) is 10.8. The predicted molar refractivity (Wildman–Crippen MR) is 146 cm³/mol. The Morgan fingerprint density at radius 3 is 2.59 bits per heavy atom. The summed E-state index contributed by atoms with van der Waals surface area (Å²) in [5.74, 6) is 0.815. The van der Waals surface area contributed by atoms with Crippen molar-refractivity contribution < 1.29 is 19.4 Å². The molecule has 3 rings (SSSR count). The number of nitrogens with one attached hydrogen (secondary N) is 1. The maximum absolute atomic E-state index is 12.0. The third-order valence-corrected chi connectivity index (χ3v) is 6.98. The van der Waals surface area contributed by atoms with Gasteiger partial charge >= 0.3 is 5.97 Å². The van der Waals surface area contributed by atoms with Gasteiger partial charge in [-0.05, 0) is 80.7 Å². The predicted octanol–water partition coefficient (Wildman–Crippen LogP) is 5.14. The van der Waals surface area contributed by atoms with Gasteiger partial charge in [0, 0.05) is 18.5 Å². The molecule has 37 heavy (non-hydrogen) atoms. The van der Waals surface area contributed by atoms with E-state index in [-0.39, 0.29) is 24.5 Å². The topological polar surface area (TPSA) is 91.6 Å². The number of fused-ring (bicyclic) bond motifs is 1. The molecular weight excluding hydrogens is 464 g/mol. The lowest BCUT2D eigenvalue weighted by atomic mass is 9.88. The zero-order valence-corrected chi connectivity index (χ0v) is 22.6. The molecule has 1 aliphatic carbocycles. The van der Waals surface area contributed by atoms with Crippen molar-refractivity contribution in [1.29, 1.82) is 5.26 Å². The van der Waals surface area contributed by atoms with Crippen molar-refractivity contribution in [3.05, 3.63) is 64.7 Å². The van der Waals surface area contributed by atoms with Crippen LogP contribution in [0, 0.1) is 17.2 Å². The maximum Gasteiger partial charge on any atom is 0.306 e. The van der Waals surface area contributed by atoms with E-state index in [9.17, 15) is 15.2 Å². The molecule has 0 bridgehead atoms. The SMILES string of the molecule is CCCCCOC(=O)CCc1ccc(C#N)c(OCC(O)CNC(C)(C)CC2Cc3ccccc3C2)c1. The number of ether oxygens (including phenoxy) is 2. The molecule has 0 aromatic heterocycles. The van der Waals surface area contributed by atoms with Gasteiger partial charge in [-0.3, -0.25) is 4.79 Å². The van der Waals surface area contributed by atoms with E-state index < -0.39 is 6.10 Å². The zero-order chi connectivity index (χ0) is 26.7. The van der Waals surface area contributed by atoms with Crippen LogP contribution in [0.3, 0.4) is 0 Å². The van der Waals surface area contributed by atoms with Gasteiger partial charge < -0.3 is 19.9 Å². The number of benzene rings is 2. The number of rotatable bonds is 15. The van der Waals surface area contributed by atoms with E-state index in [0.29, 0.717) is 36.8 Å². The largest absolute Gasteiger partial charge is 0.489 e. The molecule has 2 aromatic carbocycles. The lowest BCUT2D eigenvalue weighted by Gasteiger charge is -2.30. The Balaban J connectivity index is 1.43. The number of hydrogen-bond donors (Lipinski definition) is 2. The van der Waals surface area contributed by atoms with E-state index >= 15 is 0 Å². The summed E-state index contributed by atoms with van der Waals surface area (Å²) in [6.45, 7) is 7.41. The van der Waals surface area contributed by atoms with E-state index in [4.69, 9.17) is 9.47 Å². The number of aliphatic hydroxyl groups is 1. The number of hydrogen-bond acceptors (Lipinski definition) is 6. The van der Waals surface area contributed by atoms with Gasteiger partial charge in [0.25, 0.3) is 0 Å². The van der Waals surface area contributed by atoms with Crippen LogP contribution in [-0.4, -0.2) is 42.5 Å². The summed E-state index contributed by atoms with van der Waals surface area (Å²) >= 11 is 0. The molecule has 1 atom stereocenters. The molecule has 200 valence electrons. The molecule has 0 spiro atoms. The number of esters is 1. The van der Waals surface area contributed by atoms with Crippen molar-refractivity contribution in [1.82, 2.24) is 5.32 Å².